The molecule has 0 saturated carbocycles. The van der Waals surface area contributed by atoms with Crippen molar-refractivity contribution in [1.82, 2.24) is 9.47 Å². The Bertz CT molecular complexity index is 1040. The van der Waals surface area contributed by atoms with E-state index in [0.717, 1.165) is 39.3 Å². The number of thiocarbonyl (C=S) groups is 1. The van der Waals surface area contributed by atoms with Crippen LogP contribution in [0.1, 0.15) is 17.0 Å². The fourth-order valence-electron chi connectivity index (χ4n) is 2.96. The number of non-ortho nitro benzene ring substituents is 1. The number of carbonyl (C=O) groups excluding carboxylic acids is 2. The standard InChI is InChI=1S/C18H15N3O5S2/c1-10-7-12(8-15-17(24)19(9-16(22)23)18(27)28-15)11(2)20(10)13-3-5-14(6-4-13)21(25)26/h3-8H,9H2,1-2H3,(H,22,23)/p-1/b15-8+. The summed E-state index contributed by atoms with van der Waals surface area (Å²) < 4.78 is 2.09. The van der Waals surface area contributed by atoms with Gasteiger partial charge in [-0.3, -0.25) is 19.8 Å². The summed E-state index contributed by atoms with van der Waals surface area (Å²) in [6, 6.07) is 8.04. The molecule has 1 amide bonds. The normalized spacial score (nSPS) is 15.5. The number of thioether (sulfide) groups is 1. The van der Waals surface area contributed by atoms with Crippen molar-refractivity contribution in [3.63, 3.8) is 0 Å². The maximum absolute atomic E-state index is 12.4. The smallest absolute Gasteiger partial charge is 0.269 e. The molecule has 0 spiro atoms. The Morgan fingerprint density at radius 1 is 1.29 bits per heavy atom. The van der Waals surface area contributed by atoms with Crippen LogP contribution in [0.2, 0.25) is 0 Å². The second-order valence-corrected chi connectivity index (χ2v) is 7.75. The van der Waals surface area contributed by atoms with Crippen LogP contribution in [-0.2, 0) is 9.59 Å². The van der Waals surface area contributed by atoms with Gasteiger partial charge in [-0.1, -0.05) is 24.0 Å². The van der Waals surface area contributed by atoms with Crippen LogP contribution >= 0.6 is 24.0 Å². The van der Waals surface area contributed by atoms with E-state index in [0.29, 0.717) is 4.91 Å². The van der Waals surface area contributed by atoms with E-state index in [9.17, 15) is 24.8 Å². The molecule has 0 radical (unpaired) electrons. The quantitative estimate of drug-likeness (QED) is 0.317. The third-order valence-electron chi connectivity index (χ3n) is 4.24. The predicted octanol–water partition coefficient (Wildman–Crippen LogP) is 1.95. The molecular weight excluding hydrogens is 402 g/mol. The second kappa shape index (κ2) is 7.56. The van der Waals surface area contributed by atoms with Crippen molar-refractivity contribution in [2.75, 3.05) is 6.54 Å². The van der Waals surface area contributed by atoms with Gasteiger partial charge < -0.3 is 14.5 Å². The number of carboxylic acid groups (broad SMARTS) is 1. The molecule has 1 fully saturated rings. The molecule has 0 aliphatic carbocycles. The van der Waals surface area contributed by atoms with Crippen LogP contribution in [0.15, 0.2) is 35.2 Å². The Kier molecular flexibility index (Phi) is 5.34. The third kappa shape index (κ3) is 3.69. The third-order valence-corrected chi connectivity index (χ3v) is 5.61. The molecule has 10 heteroatoms. The Morgan fingerprint density at radius 3 is 2.50 bits per heavy atom. The first-order valence-corrected chi connectivity index (χ1v) is 9.30. The molecule has 1 aromatic carbocycles. The average Bonchev–Trinajstić information content (AvgIpc) is 3.05. The summed E-state index contributed by atoms with van der Waals surface area (Å²) in [5, 5.41) is 21.6. The van der Waals surface area contributed by atoms with Crippen LogP contribution < -0.4 is 5.11 Å². The molecule has 0 N–H and O–H groups in total. The van der Waals surface area contributed by atoms with Crippen LogP contribution in [-0.4, -0.2) is 37.1 Å². The molecule has 1 aromatic heterocycles. The Labute approximate surface area is 169 Å². The number of hydrogen-bond donors (Lipinski definition) is 0. The van der Waals surface area contributed by atoms with Crippen LogP contribution in [0.25, 0.3) is 11.8 Å². The van der Waals surface area contributed by atoms with E-state index >= 15 is 0 Å². The summed E-state index contributed by atoms with van der Waals surface area (Å²) in [7, 11) is 0. The highest BCUT2D eigenvalue weighted by Gasteiger charge is 2.32. The van der Waals surface area contributed by atoms with Crippen LogP contribution in [0, 0.1) is 24.0 Å². The minimum absolute atomic E-state index is 0.00281. The second-order valence-electron chi connectivity index (χ2n) is 6.08. The number of nitro groups is 1. The predicted molar refractivity (Wildman–Crippen MR) is 107 cm³/mol. The number of nitro benzene ring substituents is 1. The van der Waals surface area contributed by atoms with E-state index in [1.54, 1.807) is 18.2 Å². The first-order valence-electron chi connectivity index (χ1n) is 8.08. The highest BCUT2D eigenvalue weighted by Crippen LogP contribution is 2.34. The van der Waals surface area contributed by atoms with Gasteiger partial charge in [0.05, 0.1) is 22.3 Å². The minimum atomic E-state index is -1.38. The number of aryl methyl sites for hydroxylation is 1. The van der Waals surface area contributed by atoms with E-state index in [4.69, 9.17) is 12.2 Å². The number of carboxylic acids is 1. The lowest BCUT2D eigenvalue weighted by molar-refractivity contribution is -0.384. The van der Waals surface area contributed by atoms with Gasteiger partial charge in [0.15, 0.2) is 0 Å². The molecule has 0 bridgehead atoms. The maximum atomic E-state index is 12.4. The highest BCUT2D eigenvalue weighted by molar-refractivity contribution is 8.26. The van der Waals surface area contributed by atoms with Gasteiger partial charge in [0.2, 0.25) is 0 Å². The zero-order chi connectivity index (χ0) is 20.6. The van der Waals surface area contributed by atoms with Crippen molar-refractivity contribution in [2.24, 2.45) is 0 Å². The van der Waals surface area contributed by atoms with Gasteiger partial charge in [-0.2, -0.15) is 0 Å². The Morgan fingerprint density at radius 2 is 1.93 bits per heavy atom. The highest BCUT2D eigenvalue weighted by atomic mass is 32.2. The Hall–Kier alpha value is -2.98. The number of carbonyl (C=O) groups is 2. The summed E-state index contributed by atoms with van der Waals surface area (Å²) in [6.07, 6.45) is 1.67. The first-order chi connectivity index (χ1) is 13.2. The van der Waals surface area contributed by atoms with Gasteiger partial charge in [-0.15, -0.1) is 0 Å². The van der Waals surface area contributed by atoms with E-state index < -0.39 is 23.3 Å². The number of aliphatic carboxylic acids is 1. The van der Waals surface area contributed by atoms with E-state index in [2.05, 4.69) is 0 Å². The molecule has 1 aliphatic heterocycles. The van der Waals surface area contributed by atoms with Crippen LogP contribution in [0.3, 0.4) is 0 Å². The molecular formula is C18H14N3O5S2-. The van der Waals surface area contributed by atoms with E-state index in [1.807, 2.05) is 24.5 Å². The number of nitrogens with zero attached hydrogens (tertiary/aromatic N) is 3. The number of benzene rings is 1. The van der Waals surface area contributed by atoms with Gasteiger partial charge in [-0.25, -0.2) is 0 Å². The molecule has 2 heterocycles. The van der Waals surface area contributed by atoms with Gasteiger partial charge in [0, 0.05) is 29.2 Å². The van der Waals surface area contributed by atoms with Gasteiger partial charge in [0.1, 0.15) is 4.32 Å². The molecule has 1 saturated heterocycles. The topological polar surface area (TPSA) is 109 Å². The number of rotatable bonds is 5. The molecule has 1 aliphatic rings. The lowest BCUT2D eigenvalue weighted by Crippen LogP contribution is -2.40. The monoisotopic (exact) mass is 416 g/mol. The first kappa shape index (κ1) is 19.8. The summed E-state index contributed by atoms with van der Waals surface area (Å²) >= 11 is 6.12. The summed E-state index contributed by atoms with van der Waals surface area (Å²) in [5.74, 6) is -1.85. The summed E-state index contributed by atoms with van der Waals surface area (Å²) in [6.45, 7) is 3.17. The fraction of sp³-hybridized carbons (Fsp3) is 0.167. The lowest BCUT2D eigenvalue weighted by atomic mass is 10.2. The SMILES string of the molecule is Cc1cc(/C=C2/SC(=S)N(CC(=O)[O-])C2=O)c(C)n1-c1ccc([N+](=O)[O-])cc1. The van der Waals surface area contributed by atoms with Gasteiger partial charge in [-0.05, 0) is 43.7 Å². The molecule has 0 atom stereocenters. The van der Waals surface area contributed by atoms with Crippen molar-refractivity contribution in [2.45, 2.75) is 13.8 Å². The molecule has 0 unspecified atom stereocenters. The van der Waals surface area contributed by atoms with Crippen molar-refractivity contribution in [1.29, 1.82) is 0 Å². The maximum Gasteiger partial charge on any atom is 0.269 e. The zero-order valence-corrected chi connectivity index (χ0v) is 16.5. The zero-order valence-electron chi connectivity index (χ0n) is 14.9. The number of hydrogen-bond acceptors (Lipinski definition) is 7. The lowest BCUT2D eigenvalue weighted by Gasteiger charge is -2.14. The molecule has 2 aromatic rings. The summed E-state index contributed by atoms with van der Waals surface area (Å²) in [4.78, 5) is 34.9. The largest absolute Gasteiger partial charge is 0.548 e. The van der Waals surface area contributed by atoms with Gasteiger partial charge in [0.25, 0.3) is 11.6 Å². The molecule has 8 nitrogen and oxygen atoms in total. The van der Waals surface area contributed by atoms with Crippen molar-refractivity contribution in [3.8, 4) is 5.69 Å². The fourth-order valence-corrected chi connectivity index (χ4v) is 4.21. The molecule has 144 valence electrons. The number of amides is 1. The number of aromatic nitrogens is 1. The average molecular weight is 416 g/mol. The van der Waals surface area contributed by atoms with Crippen LogP contribution in [0.4, 0.5) is 5.69 Å². The van der Waals surface area contributed by atoms with E-state index in [1.165, 1.54) is 12.1 Å². The summed E-state index contributed by atoms with van der Waals surface area (Å²) in [5.41, 5.74) is 3.23. The van der Waals surface area contributed by atoms with Gasteiger partial charge >= 0.3 is 0 Å². The van der Waals surface area contributed by atoms with Crippen LogP contribution in [0.5, 0.6) is 0 Å². The molecule has 3 rings (SSSR count). The van der Waals surface area contributed by atoms with Crippen molar-refractivity contribution in [3.05, 3.63) is 62.3 Å². The van der Waals surface area contributed by atoms with Crippen molar-refractivity contribution >= 4 is 51.9 Å². The Balaban J connectivity index is 1.95. The minimum Gasteiger partial charge on any atom is -0.548 e. The molecule has 28 heavy (non-hydrogen) atoms. The van der Waals surface area contributed by atoms with Crippen molar-refractivity contribution < 1.29 is 19.6 Å². The van der Waals surface area contributed by atoms with E-state index in [-0.39, 0.29) is 10.0 Å².